The van der Waals surface area contributed by atoms with E-state index in [1.807, 2.05) is 0 Å². The van der Waals surface area contributed by atoms with Crippen molar-refractivity contribution in [1.82, 2.24) is 0 Å². The zero-order valence-electron chi connectivity index (χ0n) is 39.6. The van der Waals surface area contributed by atoms with Crippen molar-refractivity contribution in [2.75, 3.05) is 34.5 Å². The number of rotatable bonds is 30. The molecule has 4 aliphatic rings. The molecule has 0 bridgehead atoms. The third kappa shape index (κ3) is 19.1. The smallest absolute Gasteiger partial charge is 0.00648 e. The van der Waals surface area contributed by atoms with Gasteiger partial charge in [0, 0.05) is 0 Å². The molecule has 12 atom stereocenters. The average molecular weight is 848 g/mol. The zero-order chi connectivity index (χ0) is 40.5. The van der Waals surface area contributed by atoms with Crippen LogP contribution in [0.25, 0.3) is 0 Å². The van der Waals surface area contributed by atoms with E-state index in [-0.39, 0.29) is 0 Å². The third-order valence-electron chi connectivity index (χ3n) is 16.9. The Hall–Kier alpha value is 1.05. The molecule has 4 fully saturated rings. The molecule has 0 aromatic heterocycles. The first-order valence-corrected chi connectivity index (χ1v) is 30.2. The van der Waals surface area contributed by atoms with Gasteiger partial charge in [0.1, 0.15) is 0 Å². The van der Waals surface area contributed by atoms with Gasteiger partial charge in [-0.15, -0.1) is 0 Å². The van der Waals surface area contributed by atoms with Crippen LogP contribution in [0.5, 0.6) is 0 Å². The van der Waals surface area contributed by atoms with E-state index in [1.54, 1.807) is 32.1 Å². The van der Waals surface area contributed by atoms with E-state index in [0.29, 0.717) is 0 Å². The standard InChI is InChI=1S/C54H102S3/c1-7-13-43-19-25-49(52(39-43)17-11-5)30-36-55-33-27-45-22-26-50(53(41-45)18-12-6)31-37-56-34-29-46-21-24-48(15-9-3)54(42-46)32-38-57-35-28-44-20-23-47(14-8-2)51(40-44)16-10-4/h43-54H,7-42H2,1-6H3. The van der Waals surface area contributed by atoms with E-state index < -0.39 is 0 Å². The Morgan fingerprint density at radius 2 is 0.474 bits per heavy atom. The molecule has 0 aromatic carbocycles. The van der Waals surface area contributed by atoms with Gasteiger partial charge in [0.2, 0.25) is 0 Å². The van der Waals surface area contributed by atoms with E-state index >= 15 is 0 Å². The Kier molecular flexibility index (Phi) is 27.6. The highest BCUT2D eigenvalue weighted by Gasteiger charge is 2.33. The fraction of sp³-hybridized carbons (Fsp3) is 1.00. The highest BCUT2D eigenvalue weighted by molar-refractivity contribution is 7.99. The van der Waals surface area contributed by atoms with Gasteiger partial charge in [0.25, 0.3) is 0 Å². The summed E-state index contributed by atoms with van der Waals surface area (Å²) in [7, 11) is 0. The fourth-order valence-electron chi connectivity index (χ4n) is 13.7. The SMILES string of the molecule is CCCC1CCC(CCSCCC2CCC(CCSCCC3CCC(CCC)C(CCSCCC4CCC(CCC)C(CCC)C4)C3)C(CCC)C2)C(CCC)C1. The molecule has 336 valence electrons. The molecule has 4 saturated carbocycles. The van der Waals surface area contributed by atoms with Crippen LogP contribution in [0.3, 0.4) is 0 Å². The van der Waals surface area contributed by atoms with Gasteiger partial charge in [0.15, 0.2) is 0 Å². The Morgan fingerprint density at radius 1 is 0.246 bits per heavy atom. The minimum absolute atomic E-state index is 1.02. The summed E-state index contributed by atoms with van der Waals surface area (Å²) in [4.78, 5) is 0. The quantitative estimate of drug-likeness (QED) is 0.0661. The normalized spacial score (nSPS) is 33.8. The van der Waals surface area contributed by atoms with Crippen molar-refractivity contribution >= 4 is 35.3 Å². The summed E-state index contributed by atoms with van der Waals surface area (Å²) >= 11 is 7.01. The molecule has 0 radical (unpaired) electrons. The molecule has 3 heteroatoms. The zero-order valence-corrected chi connectivity index (χ0v) is 42.1. The van der Waals surface area contributed by atoms with Gasteiger partial charge in [0.05, 0.1) is 0 Å². The average Bonchev–Trinajstić information content (AvgIpc) is 3.21. The first-order valence-electron chi connectivity index (χ1n) is 26.7. The topological polar surface area (TPSA) is 0 Å². The minimum atomic E-state index is 1.02. The molecule has 0 N–H and O–H groups in total. The van der Waals surface area contributed by atoms with E-state index in [4.69, 9.17) is 0 Å². The molecule has 57 heavy (non-hydrogen) atoms. The number of hydrogen-bond donors (Lipinski definition) is 0. The largest absolute Gasteiger partial charge is 0.162 e. The molecular weight excluding hydrogens is 745 g/mol. The molecular formula is C54H102S3. The van der Waals surface area contributed by atoms with Crippen molar-refractivity contribution in [2.45, 2.75) is 234 Å². The third-order valence-corrected chi connectivity index (χ3v) is 20.0. The number of hydrogen-bond acceptors (Lipinski definition) is 3. The summed E-state index contributed by atoms with van der Waals surface area (Å²) in [6, 6.07) is 0. The summed E-state index contributed by atoms with van der Waals surface area (Å²) in [5.41, 5.74) is 0. The maximum absolute atomic E-state index is 2.45. The van der Waals surface area contributed by atoms with Crippen LogP contribution in [-0.4, -0.2) is 34.5 Å². The van der Waals surface area contributed by atoms with Gasteiger partial charge in [-0.2, -0.15) is 35.3 Å². The van der Waals surface area contributed by atoms with E-state index in [9.17, 15) is 0 Å². The van der Waals surface area contributed by atoms with Gasteiger partial charge < -0.3 is 0 Å². The van der Waals surface area contributed by atoms with Crippen molar-refractivity contribution in [3.8, 4) is 0 Å². The van der Waals surface area contributed by atoms with Crippen LogP contribution < -0.4 is 0 Å². The molecule has 12 unspecified atom stereocenters. The second-order valence-electron chi connectivity index (χ2n) is 21.1. The van der Waals surface area contributed by atoms with Crippen LogP contribution in [0.15, 0.2) is 0 Å². The van der Waals surface area contributed by atoms with E-state index in [1.165, 1.54) is 195 Å². The first-order chi connectivity index (χ1) is 28.0. The molecule has 0 nitrogen and oxygen atoms in total. The highest BCUT2D eigenvalue weighted by Crippen LogP contribution is 2.45. The van der Waals surface area contributed by atoms with Gasteiger partial charge in [-0.1, -0.05) is 144 Å². The monoisotopic (exact) mass is 847 g/mol. The lowest BCUT2D eigenvalue weighted by molar-refractivity contribution is 0.156. The van der Waals surface area contributed by atoms with Crippen molar-refractivity contribution in [2.24, 2.45) is 71.0 Å². The van der Waals surface area contributed by atoms with Gasteiger partial charge in [-0.05, 0) is 195 Å². The lowest BCUT2D eigenvalue weighted by atomic mass is 9.70. The maximum atomic E-state index is 2.45. The van der Waals surface area contributed by atoms with Gasteiger partial charge in [-0.25, -0.2) is 0 Å². The highest BCUT2D eigenvalue weighted by atomic mass is 32.2. The Morgan fingerprint density at radius 3 is 0.789 bits per heavy atom. The second kappa shape index (κ2) is 31.0. The van der Waals surface area contributed by atoms with Crippen LogP contribution in [0, 0.1) is 71.0 Å². The summed E-state index contributed by atoms with van der Waals surface area (Å²) < 4.78 is 0. The van der Waals surface area contributed by atoms with E-state index in [2.05, 4.69) is 76.8 Å². The summed E-state index contributed by atoms with van der Waals surface area (Å²) in [6.45, 7) is 14.5. The fourth-order valence-corrected chi connectivity index (χ4v) is 17.2. The summed E-state index contributed by atoms with van der Waals surface area (Å²) in [5, 5.41) is 0. The maximum Gasteiger partial charge on any atom is -0.00648 e. The Bertz CT molecular complexity index is 951. The van der Waals surface area contributed by atoms with Crippen molar-refractivity contribution in [3.05, 3.63) is 0 Å². The first kappa shape index (κ1) is 50.7. The van der Waals surface area contributed by atoms with Crippen molar-refractivity contribution in [3.63, 3.8) is 0 Å². The molecule has 0 aliphatic heterocycles. The Labute approximate surface area is 372 Å². The molecule has 0 aromatic rings. The van der Waals surface area contributed by atoms with Crippen molar-refractivity contribution < 1.29 is 0 Å². The van der Waals surface area contributed by atoms with Crippen LogP contribution in [0.4, 0.5) is 0 Å². The number of thioether (sulfide) groups is 3. The van der Waals surface area contributed by atoms with Crippen LogP contribution in [-0.2, 0) is 0 Å². The van der Waals surface area contributed by atoms with Crippen LogP contribution in [0.1, 0.15) is 234 Å². The van der Waals surface area contributed by atoms with Gasteiger partial charge >= 0.3 is 0 Å². The van der Waals surface area contributed by atoms with E-state index in [0.717, 1.165) is 71.0 Å². The lowest BCUT2D eigenvalue weighted by Gasteiger charge is -2.37. The molecule has 0 heterocycles. The predicted octanol–water partition coefficient (Wildman–Crippen LogP) is 18.5. The molecule has 0 saturated heterocycles. The van der Waals surface area contributed by atoms with Crippen LogP contribution >= 0.6 is 35.3 Å². The predicted molar refractivity (Wildman–Crippen MR) is 266 cm³/mol. The van der Waals surface area contributed by atoms with Gasteiger partial charge in [-0.3, -0.25) is 0 Å². The lowest BCUT2D eigenvalue weighted by Crippen LogP contribution is -2.26. The summed E-state index contributed by atoms with van der Waals surface area (Å²) in [6.07, 6.45) is 44.9. The molecule has 4 aliphatic carbocycles. The van der Waals surface area contributed by atoms with Crippen molar-refractivity contribution in [1.29, 1.82) is 0 Å². The minimum Gasteiger partial charge on any atom is -0.162 e. The molecule has 0 amide bonds. The summed E-state index contributed by atoms with van der Waals surface area (Å²) in [5.74, 6) is 21.0. The second-order valence-corrected chi connectivity index (χ2v) is 24.8. The van der Waals surface area contributed by atoms with Crippen LogP contribution in [0.2, 0.25) is 0 Å². The Balaban J connectivity index is 1.06. The molecule has 0 spiro atoms. The molecule has 4 rings (SSSR count).